The Kier molecular flexibility index (Phi) is 7.42. The van der Waals surface area contributed by atoms with Gasteiger partial charge in [-0.3, -0.25) is 0 Å². The van der Waals surface area contributed by atoms with Crippen LogP contribution in [0.2, 0.25) is 0 Å². The Morgan fingerprint density at radius 3 is 1.55 bits per heavy atom. The molecular formula is C51H32N4O. The van der Waals surface area contributed by atoms with Crippen molar-refractivity contribution in [1.29, 1.82) is 0 Å². The van der Waals surface area contributed by atoms with Gasteiger partial charge in [-0.1, -0.05) is 164 Å². The molecule has 262 valence electrons. The fourth-order valence-electron chi connectivity index (χ4n) is 8.01. The van der Waals surface area contributed by atoms with Gasteiger partial charge in [0.25, 0.3) is 0 Å². The molecule has 0 aliphatic heterocycles. The molecule has 11 rings (SSSR count). The van der Waals surface area contributed by atoms with Gasteiger partial charge in [-0.15, -0.1) is 0 Å². The van der Waals surface area contributed by atoms with Crippen LogP contribution in [0.15, 0.2) is 199 Å². The van der Waals surface area contributed by atoms with E-state index in [4.69, 9.17) is 19.4 Å². The topological polar surface area (TPSA) is 56.7 Å². The van der Waals surface area contributed by atoms with Gasteiger partial charge in [0, 0.05) is 43.8 Å². The Morgan fingerprint density at radius 1 is 0.321 bits per heavy atom. The fraction of sp³-hybridized carbons (Fsp3) is 0. The molecule has 0 radical (unpaired) electrons. The Labute approximate surface area is 322 Å². The lowest BCUT2D eigenvalue weighted by Crippen LogP contribution is -2.00. The van der Waals surface area contributed by atoms with Crippen molar-refractivity contribution in [3.63, 3.8) is 0 Å². The number of nitrogens with zero attached hydrogens (tertiary/aromatic N) is 4. The minimum absolute atomic E-state index is 0.611. The molecule has 5 heteroatoms. The van der Waals surface area contributed by atoms with E-state index in [1.54, 1.807) is 0 Å². The van der Waals surface area contributed by atoms with Crippen molar-refractivity contribution in [3.05, 3.63) is 194 Å². The standard InChI is InChI=1S/C51H32N4O/c1-4-15-33(16-5-1)36-29-30-45-43(32-36)40-23-10-11-27-44(40)55(45)46-28-14-26-42-41-25-13-24-39(47(41)56-48(42)46)37-21-12-22-38(31-37)51-53-49(34-17-6-2-7-18-34)52-50(54-51)35-19-8-3-9-20-35/h1-32H. The van der Waals surface area contributed by atoms with Crippen LogP contribution in [0.5, 0.6) is 0 Å². The predicted molar refractivity (Wildman–Crippen MR) is 229 cm³/mol. The number of rotatable bonds is 6. The summed E-state index contributed by atoms with van der Waals surface area (Å²) < 4.78 is 9.37. The van der Waals surface area contributed by atoms with E-state index in [1.165, 1.54) is 21.9 Å². The van der Waals surface area contributed by atoms with Crippen LogP contribution in [0.3, 0.4) is 0 Å². The summed E-state index contributed by atoms with van der Waals surface area (Å²) in [4.78, 5) is 14.9. The first kappa shape index (κ1) is 31.9. The lowest BCUT2D eigenvalue weighted by atomic mass is 10.00. The second-order valence-corrected chi connectivity index (χ2v) is 14.0. The molecule has 0 saturated carbocycles. The van der Waals surface area contributed by atoms with Crippen LogP contribution in [0, 0.1) is 0 Å². The lowest BCUT2D eigenvalue weighted by Gasteiger charge is -2.10. The van der Waals surface area contributed by atoms with Crippen molar-refractivity contribution >= 4 is 43.7 Å². The van der Waals surface area contributed by atoms with Crippen molar-refractivity contribution in [1.82, 2.24) is 19.5 Å². The van der Waals surface area contributed by atoms with E-state index in [2.05, 4.69) is 138 Å². The summed E-state index contributed by atoms with van der Waals surface area (Å²) in [6, 6.07) is 67.4. The molecule has 11 aromatic rings. The third kappa shape index (κ3) is 5.29. The molecule has 8 aromatic carbocycles. The van der Waals surface area contributed by atoms with Gasteiger partial charge < -0.3 is 8.98 Å². The Balaban J connectivity index is 1.07. The fourth-order valence-corrected chi connectivity index (χ4v) is 8.01. The molecule has 0 bridgehead atoms. The first-order valence-electron chi connectivity index (χ1n) is 18.8. The molecule has 0 spiro atoms. The first-order chi connectivity index (χ1) is 27.8. The largest absolute Gasteiger partial charge is 0.453 e. The van der Waals surface area contributed by atoms with Crippen molar-refractivity contribution in [3.8, 4) is 62.1 Å². The highest BCUT2D eigenvalue weighted by molar-refractivity contribution is 6.15. The van der Waals surface area contributed by atoms with E-state index in [1.807, 2.05) is 60.7 Å². The Morgan fingerprint density at radius 2 is 0.839 bits per heavy atom. The monoisotopic (exact) mass is 716 g/mol. The SMILES string of the molecule is c1ccc(-c2ccc3c(c2)c2ccccc2n3-c2cccc3c2oc2c(-c4cccc(-c5nc(-c6ccccc6)nc(-c6ccccc6)n5)c4)cccc23)cc1. The Bertz CT molecular complexity index is 3180. The van der Waals surface area contributed by atoms with Crippen molar-refractivity contribution in [2.75, 3.05) is 0 Å². The molecular weight excluding hydrogens is 685 g/mol. The minimum Gasteiger partial charge on any atom is -0.453 e. The highest BCUT2D eigenvalue weighted by Crippen LogP contribution is 2.42. The minimum atomic E-state index is 0.611. The molecule has 0 atom stereocenters. The van der Waals surface area contributed by atoms with Crippen molar-refractivity contribution in [2.24, 2.45) is 0 Å². The van der Waals surface area contributed by atoms with E-state index < -0.39 is 0 Å². The maximum Gasteiger partial charge on any atom is 0.164 e. The van der Waals surface area contributed by atoms with Gasteiger partial charge in [0.2, 0.25) is 0 Å². The number of hydrogen-bond acceptors (Lipinski definition) is 4. The van der Waals surface area contributed by atoms with E-state index in [0.717, 1.165) is 66.5 Å². The quantitative estimate of drug-likeness (QED) is 0.172. The molecule has 3 heterocycles. The van der Waals surface area contributed by atoms with Crippen LogP contribution in [0.25, 0.3) is 106 Å². The van der Waals surface area contributed by atoms with Gasteiger partial charge in [-0.25, -0.2) is 15.0 Å². The van der Waals surface area contributed by atoms with Crippen LogP contribution in [-0.4, -0.2) is 19.5 Å². The van der Waals surface area contributed by atoms with Gasteiger partial charge in [0.15, 0.2) is 23.1 Å². The molecule has 5 nitrogen and oxygen atoms in total. The summed E-state index contributed by atoms with van der Waals surface area (Å²) in [5, 5.41) is 4.54. The number of aromatic nitrogens is 4. The summed E-state index contributed by atoms with van der Waals surface area (Å²) in [5.41, 5.74) is 12.1. The zero-order valence-corrected chi connectivity index (χ0v) is 30.2. The van der Waals surface area contributed by atoms with Gasteiger partial charge in [-0.05, 0) is 47.0 Å². The predicted octanol–water partition coefficient (Wildman–Crippen LogP) is 13.2. The first-order valence-corrected chi connectivity index (χ1v) is 18.8. The third-order valence-electron chi connectivity index (χ3n) is 10.7. The van der Waals surface area contributed by atoms with E-state index in [9.17, 15) is 0 Å². The lowest BCUT2D eigenvalue weighted by molar-refractivity contribution is 0.667. The number of fused-ring (bicyclic) bond motifs is 6. The molecule has 3 aromatic heterocycles. The zero-order valence-electron chi connectivity index (χ0n) is 30.2. The molecule has 0 fully saturated rings. The van der Waals surface area contributed by atoms with Crippen LogP contribution < -0.4 is 0 Å². The molecule has 0 aliphatic carbocycles. The number of hydrogen-bond donors (Lipinski definition) is 0. The maximum absolute atomic E-state index is 7.02. The Hall–Kier alpha value is -7.63. The molecule has 0 unspecified atom stereocenters. The molecule has 56 heavy (non-hydrogen) atoms. The average molecular weight is 717 g/mol. The zero-order chi connectivity index (χ0) is 37.0. The average Bonchev–Trinajstić information content (AvgIpc) is 3.83. The van der Waals surface area contributed by atoms with Crippen molar-refractivity contribution < 1.29 is 4.42 Å². The third-order valence-corrected chi connectivity index (χ3v) is 10.7. The molecule has 0 N–H and O–H groups in total. The summed E-state index contributed by atoms with van der Waals surface area (Å²) in [6.07, 6.45) is 0. The summed E-state index contributed by atoms with van der Waals surface area (Å²) >= 11 is 0. The molecule has 0 aliphatic rings. The number of benzene rings is 8. The van der Waals surface area contributed by atoms with Gasteiger partial charge in [0.05, 0.1) is 16.7 Å². The normalized spacial score (nSPS) is 11.6. The summed E-state index contributed by atoms with van der Waals surface area (Å²) in [5.74, 6) is 1.88. The maximum atomic E-state index is 7.02. The molecule has 0 saturated heterocycles. The summed E-state index contributed by atoms with van der Waals surface area (Å²) in [6.45, 7) is 0. The van der Waals surface area contributed by atoms with Crippen LogP contribution in [0.1, 0.15) is 0 Å². The van der Waals surface area contributed by atoms with E-state index in [-0.39, 0.29) is 0 Å². The van der Waals surface area contributed by atoms with Crippen LogP contribution in [-0.2, 0) is 0 Å². The smallest absolute Gasteiger partial charge is 0.164 e. The highest BCUT2D eigenvalue weighted by Gasteiger charge is 2.20. The second-order valence-electron chi connectivity index (χ2n) is 14.0. The van der Waals surface area contributed by atoms with E-state index in [0.29, 0.717) is 17.5 Å². The van der Waals surface area contributed by atoms with Crippen LogP contribution >= 0.6 is 0 Å². The van der Waals surface area contributed by atoms with Gasteiger partial charge in [-0.2, -0.15) is 0 Å². The van der Waals surface area contributed by atoms with E-state index >= 15 is 0 Å². The van der Waals surface area contributed by atoms with Crippen LogP contribution in [0.4, 0.5) is 0 Å². The number of para-hydroxylation sites is 3. The summed E-state index contributed by atoms with van der Waals surface area (Å²) in [7, 11) is 0. The number of furan rings is 1. The van der Waals surface area contributed by atoms with Gasteiger partial charge >= 0.3 is 0 Å². The highest BCUT2D eigenvalue weighted by atomic mass is 16.3. The van der Waals surface area contributed by atoms with Gasteiger partial charge in [0.1, 0.15) is 5.58 Å². The molecule has 0 amide bonds. The van der Waals surface area contributed by atoms with Crippen molar-refractivity contribution in [2.45, 2.75) is 0 Å². The second kappa shape index (κ2) is 13.0.